The third kappa shape index (κ3) is 5.72. The molecule has 1 heterocycles. The first kappa shape index (κ1) is 24.9. The topological polar surface area (TPSA) is 56.7 Å². The van der Waals surface area contributed by atoms with Gasteiger partial charge < -0.3 is 15.5 Å². The molecule has 0 spiro atoms. The summed E-state index contributed by atoms with van der Waals surface area (Å²) in [7, 11) is 1.74. The standard InChI is InChI=1S/C28H29ClN4OS/c1-28(2,3)20-12-10-18(11-13-20)17-30-27(35)32-25-26(34)33(4)23-15-14-21(29)16-22(23)24(31-25)19-8-6-5-7-9-19/h5-16,25H,17H2,1-4H3,(H2,30,32,35). The van der Waals surface area contributed by atoms with Crippen LogP contribution in [0.15, 0.2) is 77.8 Å². The highest BCUT2D eigenvalue weighted by molar-refractivity contribution is 7.80. The fourth-order valence-corrected chi connectivity index (χ4v) is 4.30. The molecular weight excluding hydrogens is 476 g/mol. The van der Waals surface area contributed by atoms with Gasteiger partial charge in [0, 0.05) is 29.7 Å². The number of benzene rings is 3. The molecule has 0 saturated carbocycles. The van der Waals surface area contributed by atoms with Gasteiger partial charge in [0.15, 0.2) is 5.11 Å². The predicted octanol–water partition coefficient (Wildman–Crippen LogP) is 5.44. The molecule has 7 heteroatoms. The number of carbonyl (C=O) groups is 1. The van der Waals surface area contributed by atoms with Crippen LogP contribution in [0.1, 0.15) is 43.0 Å². The third-order valence-electron chi connectivity index (χ3n) is 5.99. The van der Waals surface area contributed by atoms with E-state index in [1.165, 1.54) is 5.56 Å². The van der Waals surface area contributed by atoms with Gasteiger partial charge >= 0.3 is 0 Å². The zero-order valence-electron chi connectivity index (χ0n) is 20.3. The Kier molecular flexibility index (Phi) is 7.24. The Labute approximate surface area is 217 Å². The number of thiocarbonyl (C=S) groups is 1. The number of rotatable bonds is 4. The molecule has 0 aliphatic carbocycles. The minimum absolute atomic E-state index is 0.102. The zero-order valence-corrected chi connectivity index (χ0v) is 21.9. The molecule has 1 aliphatic rings. The smallest absolute Gasteiger partial charge is 0.272 e. The highest BCUT2D eigenvalue weighted by atomic mass is 35.5. The SMILES string of the molecule is CN1C(=O)C(NC(=S)NCc2ccc(C(C)(C)C)cc2)N=C(c2ccccc2)c2cc(Cl)ccc21. The summed E-state index contributed by atoms with van der Waals surface area (Å²) in [5.74, 6) is -0.210. The second-order valence-electron chi connectivity index (χ2n) is 9.58. The van der Waals surface area contributed by atoms with Crippen molar-refractivity contribution in [1.29, 1.82) is 0 Å². The first-order valence-corrected chi connectivity index (χ1v) is 12.3. The Hall–Kier alpha value is -3.22. The number of fused-ring (bicyclic) bond motifs is 1. The highest BCUT2D eigenvalue weighted by Crippen LogP contribution is 2.30. The third-order valence-corrected chi connectivity index (χ3v) is 6.48. The van der Waals surface area contributed by atoms with Crippen molar-refractivity contribution < 1.29 is 4.79 Å². The van der Waals surface area contributed by atoms with Crippen molar-refractivity contribution in [2.75, 3.05) is 11.9 Å². The Balaban J connectivity index is 1.56. The summed E-state index contributed by atoms with van der Waals surface area (Å²) in [6.45, 7) is 7.11. The van der Waals surface area contributed by atoms with E-state index in [2.05, 4.69) is 55.7 Å². The van der Waals surface area contributed by atoms with Crippen LogP contribution >= 0.6 is 23.8 Å². The Bertz CT molecular complexity index is 1270. The normalized spacial score (nSPS) is 15.7. The minimum Gasteiger partial charge on any atom is -0.359 e. The maximum atomic E-state index is 13.3. The molecule has 0 aromatic heterocycles. The molecule has 1 unspecified atom stereocenters. The number of benzodiazepines with no additional fused rings is 1. The molecule has 0 saturated heterocycles. The Morgan fingerprint density at radius 2 is 1.74 bits per heavy atom. The number of hydrogen-bond donors (Lipinski definition) is 2. The number of nitrogens with one attached hydrogen (secondary N) is 2. The number of amides is 1. The number of hydrogen-bond acceptors (Lipinski definition) is 3. The molecule has 0 fully saturated rings. The molecule has 4 rings (SSSR count). The van der Waals surface area contributed by atoms with Crippen LogP contribution in [0, 0.1) is 0 Å². The number of anilines is 1. The van der Waals surface area contributed by atoms with Crippen molar-refractivity contribution >= 4 is 46.2 Å². The number of aliphatic imine (C=N–C) groups is 1. The Morgan fingerprint density at radius 1 is 1.06 bits per heavy atom. The molecule has 1 atom stereocenters. The summed E-state index contributed by atoms with van der Waals surface area (Å²) in [6.07, 6.45) is -0.885. The number of carbonyl (C=O) groups excluding carboxylic acids is 1. The van der Waals surface area contributed by atoms with Crippen molar-refractivity contribution in [2.24, 2.45) is 4.99 Å². The average molecular weight is 505 g/mol. The molecule has 180 valence electrons. The molecule has 0 radical (unpaired) electrons. The van der Waals surface area contributed by atoms with Crippen LogP contribution < -0.4 is 15.5 Å². The van der Waals surface area contributed by atoms with Crippen molar-refractivity contribution in [1.82, 2.24) is 10.6 Å². The number of likely N-dealkylation sites (N-methyl/N-ethyl adjacent to an activating group) is 1. The molecule has 1 aliphatic heterocycles. The lowest BCUT2D eigenvalue weighted by atomic mass is 9.87. The molecule has 5 nitrogen and oxygen atoms in total. The van der Waals surface area contributed by atoms with Gasteiger partial charge in [0.1, 0.15) is 0 Å². The van der Waals surface area contributed by atoms with Crippen LogP contribution in [-0.4, -0.2) is 29.9 Å². The van der Waals surface area contributed by atoms with Crippen molar-refractivity contribution in [3.63, 3.8) is 0 Å². The fraction of sp³-hybridized carbons (Fsp3) is 0.250. The molecule has 1 amide bonds. The monoisotopic (exact) mass is 504 g/mol. The first-order chi connectivity index (χ1) is 16.6. The van der Waals surface area contributed by atoms with E-state index in [1.807, 2.05) is 42.5 Å². The van der Waals surface area contributed by atoms with Crippen LogP contribution in [0.5, 0.6) is 0 Å². The second-order valence-corrected chi connectivity index (χ2v) is 10.4. The maximum Gasteiger partial charge on any atom is 0.272 e. The fourth-order valence-electron chi connectivity index (χ4n) is 3.95. The van der Waals surface area contributed by atoms with E-state index in [0.29, 0.717) is 22.4 Å². The van der Waals surface area contributed by atoms with E-state index in [1.54, 1.807) is 18.0 Å². The summed E-state index contributed by atoms with van der Waals surface area (Å²) >= 11 is 11.9. The van der Waals surface area contributed by atoms with Crippen LogP contribution in [-0.2, 0) is 16.8 Å². The van der Waals surface area contributed by atoms with Crippen LogP contribution in [0.25, 0.3) is 0 Å². The van der Waals surface area contributed by atoms with Gasteiger partial charge in [-0.1, -0.05) is 87.0 Å². The van der Waals surface area contributed by atoms with Gasteiger partial charge in [-0.25, -0.2) is 4.99 Å². The summed E-state index contributed by atoms with van der Waals surface area (Å²) in [6, 6.07) is 23.7. The predicted molar refractivity (Wildman–Crippen MR) is 148 cm³/mol. The van der Waals surface area contributed by atoms with Crippen LogP contribution in [0.3, 0.4) is 0 Å². The van der Waals surface area contributed by atoms with Crippen LogP contribution in [0.4, 0.5) is 5.69 Å². The van der Waals surface area contributed by atoms with Gasteiger partial charge in [-0.05, 0) is 47.0 Å². The van der Waals surface area contributed by atoms with E-state index in [0.717, 1.165) is 22.4 Å². The molecular formula is C28H29ClN4OS. The lowest BCUT2D eigenvalue weighted by Gasteiger charge is -2.22. The van der Waals surface area contributed by atoms with Crippen molar-refractivity contribution in [3.05, 3.63) is 100 Å². The largest absolute Gasteiger partial charge is 0.359 e. The highest BCUT2D eigenvalue weighted by Gasteiger charge is 2.30. The maximum absolute atomic E-state index is 13.3. The van der Waals surface area contributed by atoms with E-state index in [4.69, 9.17) is 28.8 Å². The summed E-state index contributed by atoms with van der Waals surface area (Å²) in [4.78, 5) is 19.8. The Morgan fingerprint density at radius 3 is 2.40 bits per heavy atom. The minimum atomic E-state index is -0.885. The molecule has 3 aromatic rings. The van der Waals surface area contributed by atoms with Gasteiger partial charge in [-0.2, -0.15) is 0 Å². The van der Waals surface area contributed by atoms with Gasteiger partial charge in [-0.15, -0.1) is 0 Å². The number of nitrogens with zero attached hydrogens (tertiary/aromatic N) is 2. The quantitative estimate of drug-likeness (QED) is 0.464. The van der Waals surface area contributed by atoms with E-state index in [9.17, 15) is 4.79 Å². The summed E-state index contributed by atoms with van der Waals surface area (Å²) < 4.78 is 0. The molecule has 35 heavy (non-hydrogen) atoms. The second kappa shape index (κ2) is 10.2. The number of halogens is 1. The molecule has 2 N–H and O–H groups in total. The first-order valence-electron chi connectivity index (χ1n) is 11.5. The van der Waals surface area contributed by atoms with Gasteiger partial charge in [0.2, 0.25) is 6.17 Å². The lowest BCUT2D eigenvalue weighted by molar-refractivity contribution is -0.119. The van der Waals surface area contributed by atoms with Crippen molar-refractivity contribution in [2.45, 2.75) is 38.9 Å². The summed E-state index contributed by atoms with van der Waals surface area (Å²) in [5, 5.41) is 7.24. The van der Waals surface area contributed by atoms with Gasteiger partial charge in [0.05, 0.1) is 11.4 Å². The zero-order chi connectivity index (χ0) is 25.2. The van der Waals surface area contributed by atoms with Gasteiger partial charge in [-0.3, -0.25) is 4.79 Å². The molecule has 0 bridgehead atoms. The van der Waals surface area contributed by atoms with E-state index >= 15 is 0 Å². The van der Waals surface area contributed by atoms with E-state index < -0.39 is 6.17 Å². The van der Waals surface area contributed by atoms with E-state index in [-0.39, 0.29) is 11.3 Å². The summed E-state index contributed by atoms with van der Waals surface area (Å²) in [5.41, 5.74) is 5.58. The van der Waals surface area contributed by atoms with Crippen molar-refractivity contribution in [3.8, 4) is 0 Å². The van der Waals surface area contributed by atoms with Crippen LogP contribution in [0.2, 0.25) is 5.02 Å². The molecule has 3 aromatic carbocycles. The van der Waals surface area contributed by atoms with Gasteiger partial charge in [0.25, 0.3) is 5.91 Å². The average Bonchev–Trinajstić information content (AvgIpc) is 2.93. The lowest BCUT2D eigenvalue weighted by Crippen LogP contribution is -2.49.